The summed E-state index contributed by atoms with van der Waals surface area (Å²) in [6.07, 6.45) is 14.4. The Kier molecular flexibility index (Phi) is 9.62. The van der Waals surface area contributed by atoms with Crippen molar-refractivity contribution in [2.24, 2.45) is 5.41 Å². The second-order valence-corrected chi connectivity index (χ2v) is 12.9. The summed E-state index contributed by atoms with van der Waals surface area (Å²) in [6, 6.07) is 12.5. The predicted molar refractivity (Wildman–Crippen MR) is 159 cm³/mol. The molecule has 2 saturated carbocycles. The van der Waals surface area contributed by atoms with E-state index >= 15 is 0 Å². The van der Waals surface area contributed by atoms with E-state index in [-0.39, 0.29) is 11.9 Å². The van der Waals surface area contributed by atoms with Crippen LogP contribution in [0.1, 0.15) is 133 Å². The molecule has 0 radical (unpaired) electrons. The van der Waals surface area contributed by atoms with Crippen molar-refractivity contribution in [3.63, 3.8) is 0 Å². The fourth-order valence-corrected chi connectivity index (χ4v) is 7.98. The van der Waals surface area contributed by atoms with E-state index in [1.54, 1.807) is 0 Å². The minimum atomic E-state index is 0.0683. The third kappa shape index (κ3) is 5.74. The van der Waals surface area contributed by atoms with E-state index in [0.29, 0.717) is 42.5 Å². The summed E-state index contributed by atoms with van der Waals surface area (Å²) in [5.74, 6) is 2.79. The lowest BCUT2D eigenvalue weighted by molar-refractivity contribution is -0.295. The zero-order chi connectivity index (χ0) is 28.1. The number of piperidine rings is 2. The van der Waals surface area contributed by atoms with Crippen LogP contribution in [0.25, 0.3) is 0 Å². The number of hydrogen-bond acceptors (Lipinski definition) is 5. The van der Waals surface area contributed by atoms with Crippen LogP contribution in [-0.4, -0.2) is 55.9 Å². The summed E-state index contributed by atoms with van der Waals surface area (Å²) in [5.41, 5.74) is 1.63. The minimum absolute atomic E-state index is 0.0683. The van der Waals surface area contributed by atoms with Crippen LogP contribution in [0.2, 0.25) is 0 Å². The van der Waals surface area contributed by atoms with Crippen molar-refractivity contribution in [3.8, 4) is 0 Å². The zero-order valence-corrected chi connectivity index (χ0v) is 25.0. The number of hydrogen-bond donors (Lipinski definition) is 2. The molecule has 1 amide bonds. The smallest absolute Gasteiger partial charge is 0.220 e. The number of carbonyl (C=O) groups is 1. The van der Waals surface area contributed by atoms with Crippen LogP contribution in [0.4, 0.5) is 0 Å². The Hall–Kier alpha value is -2.25. The molecule has 0 bridgehead atoms. The van der Waals surface area contributed by atoms with E-state index in [1.165, 1.54) is 50.5 Å². The standard InChI is InChI=1S/C33H51N5O2/c1-24(2)32-36-35-25(3)38(32)30-23-29-33(30)20-18-28(33)37(29)21-19-27(26-15-11-10-12-16-26)34-31(40)17-13-8-6-4-5-7-9-14-22-39/h10-12,15-16,24,27-30,39H,4-9,13-14,17-23H2,1-3H3,(H,34,40)/t27-,28?,29?,30?,33?/m0/s1. The molecule has 220 valence electrons. The molecule has 3 aliphatic rings. The predicted octanol–water partition coefficient (Wildman–Crippen LogP) is 6.24. The number of aromatic nitrogens is 3. The number of amides is 1. The number of aliphatic hydroxyl groups excluding tert-OH is 1. The van der Waals surface area contributed by atoms with Gasteiger partial charge in [-0.05, 0) is 51.0 Å². The van der Waals surface area contributed by atoms with Crippen LogP contribution >= 0.6 is 0 Å². The van der Waals surface area contributed by atoms with E-state index in [1.807, 2.05) is 0 Å². The fourth-order valence-electron chi connectivity index (χ4n) is 7.98. The number of aryl methyl sites for hydroxylation is 1. The quantitative estimate of drug-likeness (QED) is 0.228. The maximum atomic E-state index is 12.9. The van der Waals surface area contributed by atoms with E-state index in [4.69, 9.17) is 5.11 Å². The molecule has 2 heterocycles. The van der Waals surface area contributed by atoms with Crippen LogP contribution in [0.15, 0.2) is 30.3 Å². The number of rotatable bonds is 17. The van der Waals surface area contributed by atoms with Gasteiger partial charge in [0.2, 0.25) is 5.91 Å². The van der Waals surface area contributed by atoms with Crippen molar-refractivity contribution >= 4 is 5.91 Å². The Labute approximate surface area is 241 Å². The summed E-state index contributed by atoms with van der Waals surface area (Å²) in [5, 5.41) is 21.2. The number of aliphatic hydroxyl groups is 1. The SMILES string of the molecule is Cc1nnc(C(C)C)n1C1CC2N(CC[C@H](NC(=O)CCCCCCCCCCO)c3ccccc3)C3CCC321. The first-order valence-corrected chi connectivity index (χ1v) is 16.1. The maximum Gasteiger partial charge on any atom is 0.220 e. The van der Waals surface area contributed by atoms with Crippen molar-refractivity contribution in [2.45, 2.75) is 134 Å². The largest absolute Gasteiger partial charge is 0.396 e. The third-order valence-electron chi connectivity index (χ3n) is 10.2. The van der Waals surface area contributed by atoms with E-state index in [2.05, 4.69) is 76.1 Å². The average Bonchev–Trinajstić information content (AvgIpc) is 3.30. The van der Waals surface area contributed by atoms with E-state index in [9.17, 15) is 4.79 Å². The maximum absolute atomic E-state index is 12.9. The molecule has 4 unspecified atom stereocenters. The topological polar surface area (TPSA) is 83.3 Å². The van der Waals surface area contributed by atoms with Crippen molar-refractivity contribution in [1.82, 2.24) is 25.0 Å². The number of benzene rings is 1. The lowest BCUT2D eigenvalue weighted by Gasteiger charge is -2.80. The monoisotopic (exact) mass is 549 g/mol. The molecule has 1 aromatic carbocycles. The Morgan fingerprint density at radius 1 is 1.00 bits per heavy atom. The summed E-state index contributed by atoms with van der Waals surface area (Å²) >= 11 is 0. The van der Waals surface area contributed by atoms with Crippen LogP contribution in [0.3, 0.4) is 0 Å². The van der Waals surface area contributed by atoms with Gasteiger partial charge in [0, 0.05) is 49.0 Å². The Bertz CT molecular complexity index is 1090. The van der Waals surface area contributed by atoms with Crippen LogP contribution in [0.5, 0.6) is 0 Å². The van der Waals surface area contributed by atoms with Crippen LogP contribution in [0, 0.1) is 12.3 Å². The highest BCUT2D eigenvalue weighted by atomic mass is 16.2. The van der Waals surface area contributed by atoms with Crippen molar-refractivity contribution in [2.75, 3.05) is 13.2 Å². The van der Waals surface area contributed by atoms with E-state index < -0.39 is 0 Å². The van der Waals surface area contributed by atoms with Gasteiger partial charge in [0.1, 0.15) is 11.6 Å². The van der Waals surface area contributed by atoms with Gasteiger partial charge in [-0.15, -0.1) is 10.2 Å². The highest BCUT2D eigenvalue weighted by Gasteiger charge is 2.75. The summed E-state index contributed by atoms with van der Waals surface area (Å²) in [4.78, 5) is 15.7. The lowest BCUT2D eigenvalue weighted by atomic mass is 9.40. The van der Waals surface area contributed by atoms with Crippen molar-refractivity contribution in [1.29, 1.82) is 0 Å². The molecule has 1 aromatic heterocycles. The summed E-state index contributed by atoms with van der Waals surface area (Å²) < 4.78 is 2.47. The molecule has 1 aliphatic heterocycles. The molecule has 2 aromatic rings. The Balaban J connectivity index is 1.10. The molecule has 1 saturated heterocycles. The van der Waals surface area contributed by atoms with Gasteiger partial charge in [-0.2, -0.15) is 0 Å². The van der Waals surface area contributed by atoms with Gasteiger partial charge in [-0.3, -0.25) is 9.69 Å². The van der Waals surface area contributed by atoms with Gasteiger partial charge < -0.3 is 15.0 Å². The zero-order valence-electron chi connectivity index (χ0n) is 25.0. The molecule has 5 rings (SSSR count). The van der Waals surface area contributed by atoms with Gasteiger partial charge in [0.05, 0.1) is 6.04 Å². The molecule has 3 fully saturated rings. The van der Waals surface area contributed by atoms with Gasteiger partial charge in [0.15, 0.2) is 0 Å². The van der Waals surface area contributed by atoms with Crippen molar-refractivity contribution in [3.05, 3.63) is 47.5 Å². The molecule has 5 atom stereocenters. The molecule has 7 nitrogen and oxygen atoms in total. The number of carbonyl (C=O) groups excluding carboxylic acids is 1. The Morgan fingerprint density at radius 3 is 2.33 bits per heavy atom. The van der Waals surface area contributed by atoms with Gasteiger partial charge in [0.25, 0.3) is 0 Å². The van der Waals surface area contributed by atoms with Crippen molar-refractivity contribution < 1.29 is 9.90 Å². The first kappa shape index (κ1) is 29.2. The summed E-state index contributed by atoms with van der Waals surface area (Å²) in [7, 11) is 0. The van der Waals surface area contributed by atoms with E-state index in [0.717, 1.165) is 50.3 Å². The first-order chi connectivity index (χ1) is 19.5. The highest BCUT2D eigenvalue weighted by molar-refractivity contribution is 5.76. The lowest BCUT2D eigenvalue weighted by Crippen LogP contribution is -2.85. The second kappa shape index (κ2) is 13.2. The summed E-state index contributed by atoms with van der Waals surface area (Å²) in [6.45, 7) is 7.90. The number of unbranched alkanes of at least 4 members (excludes halogenated alkanes) is 7. The van der Waals surface area contributed by atoms with Gasteiger partial charge in [-0.1, -0.05) is 82.7 Å². The highest BCUT2D eigenvalue weighted by Crippen LogP contribution is 2.73. The van der Waals surface area contributed by atoms with Gasteiger partial charge >= 0.3 is 0 Å². The molecule has 40 heavy (non-hydrogen) atoms. The Morgan fingerprint density at radius 2 is 1.70 bits per heavy atom. The minimum Gasteiger partial charge on any atom is -0.396 e. The fraction of sp³-hybridized carbons (Fsp3) is 0.727. The number of nitrogens with zero attached hydrogens (tertiary/aromatic N) is 4. The normalized spacial score (nSPS) is 25.9. The molecule has 1 spiro atoms. The van der Waals surface area contributed by atoms with Crippen LogP contribution < -0.4 is 5.32 Å². The molecular weight excluding hydrogens is 498 g/mol. The third-order valence-corrected chi connectivity index (χ3v) is 10.2. The van der Waals surface area contributed by atoms with Crippen LogP contribution in [-0.2, 0) is 4.79 Å². The van der Waals surface area contributed by atoms with Gasteiger partial charge in [-0.25, -0.2) is 0 Å². The first-order valence-electron chi connectivity index (χ1n) is 16.1. The molecule has 2 N–H and O–H groups in total. The average molecular weight is 550 g/mol. The molecular formula is C33H51N5O2. The molecule has 7 heteroatoms. The number of nitrogens with one attached hydrogen (secondary N) is 1. The number of likely N-dealkylation sites (tertiary alicyclic amines) is 1. The second-order valence-electron chi connectivity index (χ2n) is 12.9. The molecule has 2 aliphatic carbocycles.